The summed E-state index contributed by atoms with van der Waals surface area (Å²) in [5.41, 5.74) is 4.69. The molecule has 0 aromatic heterocycles. The van der Waals surface area contributed by atoms with Crippen LogP contribution in [0.3, 0.4) is 0 Å². The Morgan fingerprint density at radius 3 is 2.06 bits per heavy atom. The molecule has 5 heteroatoms. The van der Waals surface area contributed by atoms with Gasteiger partial charge in [-0.25, -0.2) is 0 Å². The van der Waals surface area contributed by atoms with Gasteiger partial charge >= 0.3 is 0 Å². The summed E-state index contributed by atoms with van der Waals surface area (Å²) in [4.78, 5) is 4.83. The monoisotopic (exact) mass is 241 g/mol. The number of nitrogens with one attached hydrogen (secondary N) is 1. The molecular weight excluding hydrogens is 222 g/mol. The summed E-state index contributed by atoms with van der Waals surface area (Å²) in [7, 11) is 6.45. The van der Waals surface area contributed by atoms with Gasteiger partial charge in [-0.05, 0) is 0 Å². The minimum atomic E-state index is 0.484. The SMILES string of the molecule is COCc1ccc(CNOC)c(OC)c1OC. The lowest BCUT2D eigenvalue weighted by Gasteiger charge is -2.16. The molecule has 0 aliphatic rings. The van der Waals surface area contributed by atoms with E-state index in [1.807, 2.05) is 12.1 Å². The molecule has 1 aromatic rings. The van der Waals surface area contributed by atoms with Gasteiger partial charge in [0.15, 0.2) is 11.5 Å². The van der Waals surface area contributed by atoms with Crippen molar-refractivity contribution in [2.75, 3.05) is 28.4 Å². The fraction of sp³-hybridized carbons (Fsp3) is 0.500. The lowest BCUT2D eigenvalue weighted by Crippen LogP contribution is -2.12. The average molecular weight is 241 g/mol. The highest BCUT2D eigenvalue weighted by molar-refractivity contribution is 5.51. The summed E-state index contributed by atoms with van der Waals surface area (Å²) in [5, 5.41) is 0. The lowest BCUT2D eigenvalue weighted by molar-refractivity contribution is 0.0860. The van der Waals surface area contributed by atoms with Gasteiger partial charge in [-0.15, -0.1) is 0 Å². The van der Waals surface area contributed by atoms with Gasteiger partial charge in [0.2, 0.25) is 0 Å². The van der Waals surface area contributed by atoms with Gasteiger partial charge in [-0.1, -0.05) is 12.1 Å². The molecule has 0 aliphatic heterocycles. The fourth-order valence-electron chi connectivity index (χ4n) is 1.65. The molecule has 0 amide bonds. The first kappa shape index (κ1) is 13.8. The van der Waals surface area contributed by atoms with Crippen molar-refractivity contribution < 1.29 is 19.0 Å². The van der Waals surface area contributed by atoms with E-state index in [1.165, 1.54) is 0 Å². The predicted octanol–water partition coefficient (Wildman–Crippen LogP) is 1.50. The second kappa shape index (κ2) is 7.11. The number of methoxy groups -OCH3 is 3. The number of hydroxylamine groups is 1. The first-order valence-corrected chi connectivity index (χ1v) is 5.26. The van der Waals surface area contributed by atoms with E-state index in [0.717, 1.165) is 11.1 Å². The van der Waals surface area contributed by atoms with E-state index in [9.17, 15) is 0 Å². The smallest absolute Gasteiger partial charge is 0.166 e. The molecule has 1 N–H and O–H groups in total. The van der Waals surface area contributed by atoms with Gasteiger partial charge in [0.05, 0.1) is 27.9 Å². The van der Waals surface area contributed by atoms with Crippen LogP contribution in [0.25, 0.3) is 0 Å². The van der Waals surface area contributed by atoms with E-state index >= 15 is 0 Å². The minimum absolute atomic E-state index is 0.484. The van der Waals surface area contributed by atoms with Crippen molar-refractivity contribution >= 4 is 0 Å². The topological polar surface area (TPSA) is 49.0 Å². The third kappa shape index (κ3) is 3.33. The highest BCUT2D eigenvalue weighted by atomic mass is 16.6. The van der Waals surface area contributed by atoms with Crippen molar-refractivity contribution in [3.63, 3.8) is 0 Å². The molecule has 17 heavy (non-hydrogen) atoms. The van der Waals surface area contributed by atoms with Crippen molar-refractivity contribution in [2.45, 2.75) is 13.2 Å². The molecule has 96 valence electrons. The molecule has 0 fully saturated rings. The number of ether oxygens (including phenoxy) is 3. The normalized spacial score (nSPS) is 10.4. The Bertz CT molecular complexity index is 355. The molecule has 0 aliphatic carbocycles. The Hall–Kier alpha value is -1.30. The summed E-state index contributed by atoms with van der Waals surface area (Å²) in [6.07, 6.45) is 0. The summed E-state index contributed by atoms with van der Waals surface area (Å²) in [6, 6.07) is 3.92. The Morgan fingerprint density at radius 1 is 0.941 bits per heavy atom. The summed E-state index contributed by atoms with van der Waals surface area (Å²) < 4.78 is 15.9. The third-order valence-corrected chi connectivity index (χ3v) is 2.39. The Labute approximate surface area is 102 Å². The van der Waals surface area contributed by atoms with Crippen molar-refractivity contribution in [3.8, 4) is 11.5 Å². The van der Waals surface area contributed by atoms with Gasteiger partial charge in [-0.2, -0.15) is 5.48 Å². The van der Waals surface area contributed by atoms with Gasteiger partial charge < -0.3 is 19.0 Å². The standard InChI is InChI=1S/C12H19NO4/c1-14-8-10-6-5-9(7-13-17-4)11(15-2)12(10)16-3/h5-6,13H,7-8H2,1-4H3. The van der Waals surface area contributed by atoms with E-state index in [2.05, 4.69) is 5.48 Å². The van der Waals surface area contributed by atoms with Gasteiger partial charge in [0.25, 0.3) is 0 Å². The van der Waals surface area contributed by atoms with Crippen LogP contribution in [0.2, 0.25) is 0 Å². The number of benzene rings is 1. The molecule has 0 radical (unpaired) electrons. The second-order valence-electron chi connectivity index (χ2n) is 3.41. The Balaban J connectivity index is 3.08. The highest BCUT2D eigenvalue weighted by Crippen LogP contribution is 2.35. The van der Waals surface area contributed by atoms with Crippen LogP contribution in [-0.2, 0) is 22.7 Å². The van der Waals surface area contributed by atoms with E-state index < -0.39 is 0 Å². The lowest BCUT2D eigenvalue weighted by atomic mass is 10.1. The van der Waals surface area contributed by atoms with Crippen LogP contribution in [-0.4, -0.2) is 28.4 Å². The van der Waals surface area contributed by atoms with Crippen molar-refractivity contribution in [1.82, 2.24) is 5.48 Å². The van der Waals surface area contributed by atoms with Crippen molar-refractivity contribution in [3.05, 3.63) is 23.3 Å². The van der Waals surface area contributed by atoms with Crippen LogP contribution < -0.4 is 15.0 Å². The number of hydrogen-bond acceptors (Lipinski definition) is 5. The average Bonchev–Trinajstić information content (AvgIpc) is 2.36. The molecular formula is C12H19NO4. The maximum atomic E-state index is 5.38. The van der Waals surface area contributed by atoms with Crippen molar-refractivity contribution in [1.29, 1.82) is 0 Å². The van der Waals surface area contributed by atoms with Gasteiger partial charge in [-0.3, -0.25) is 0 Å². The van der Waals surface area contributed by atoms with Crippen molar-refractivity contribution in [2.24, 2.45) is 0 Å². The predicted molar refractivity (Wildman–Crippen MR) is 64.1 cm³/mol. The largest absolute Gasteiger partial charge is 0.493 e. The highest BCUT2D eigenvalue weighted by Gasteiger charge is 2.14. The van der Waals surface area contributed by atoms with E-state index in [-0.39, 0.29) is 0 Å². The maximum Gasteiger partial charge on any atom is 0.166 e. The molecule has 1 rings (SSSR count). The fourth-order valence-corrected chi connectivity index (χ4v) is 1.65. The molecule has 0 saturated heterocycles. The van der Waals surface area contributed by atoms with Gasteiger partial charge in [0, 0.05) is 24.8 Å². The van der Waals surface area contributed by atoms with Crippen LogP contribution in [0.1, 0.15) is 11.1 Å². The van der Waals surface area contributed by atoms with E-state index in [4.69, 9.17) is 19.0 Å². The van der Waals surface area contributed by atoms with Crippen LogP contribution in [0, 0.1) is 0 Å². The molecule has 0 atom stereocenters. The maximum absolute atomic E-state index is 5.38. The van der Waals surface area contributed by atoms with Crippen LogP contribution in [0.15, 0.2) is 12.1 Å². The van der Waals surface area contributed by atoms with Gasteiger partial charge in [0.1, 0.15) is 0 Å². The number of rotatable bonds is 7. The molecule has 0 unspecified atom stereocenters. The molecule has 0 heterocycles. The third-order valence-electron chi connectivity index (χ3n) is 2.39. The quantitative estimate of drug-likeness (QED) is 0.733. The minimum Gasteiger partial charge on any atom is -0.493 e. The van der Waals surface area contributed by atoms with Crippen LogP contribution in [0.4, 0.5) is 0 Å². The number of hydrogen-bond donors (Lipinski definition) is 1. The van der Waals surface area contributed by atoms with E-state index in [1.54, 1.807) is 28.4 Å². The van der Waals surface area contributed by atoms with Crippen LogP contribution in [0.5, 0.6) is 11.5 Å². The molecule has 0 saturated carbocycles. The summed E-state index contributed by atoms with van der Waals surface area (Å²) in [6.45, 7) is 1.03. The molecule has 0 bridgehead atoms. The summed E-state index contributed by atoms with van der Waals surface area (Å²) >= 11 is 0. The molecule has 1 aromatic carbocycles. The molecule has 0 spiro atoms. The zero-order valence-electron chi connectivity index (χ0n) is 10.7. The zero-order chi connectivity index (χ0) is 12.7. The Kier molecular flexibility index (Phi) is 5.76. The molecule has 5 nitrogen and oxygen atoms in total. The van der Waals surface area contributed by atoms with Crippen LogP contribution >= 0.6 is 0 Å². The zero-order valence-corrected chi connectivity index (χ0v) is 10.7. The van der Waals surface area contributed by atoms with E-state index in [0.29, 0.717) is 24.7 Å². The summed E-state index contributed by atoms with van der Waals surface area (Å²) in [5.74, 6) is 1.40. The first-order valence-electron chi connectivity index (χ1n) is 5.26. The second-order valence-corrected chi connectivity index (χ2v) is 3.41. The Morgan fingerprint density at radius 2 is 1.53 bits per heavy atom. The first-order chi connectivity index (χ1) is 8.28.